The first-order valence-electron chi connectivity index (χ1n) is 2.81. The van der Waals surface area contributed by atoms with Crippen molar-refractivity contribution in [2.24, 2.45) is 10.9 Å². The highest BCUT2D eigenvalue weighted by Crippen LogP contribution is 1.97. The van der Waals surface area contributed by atoms with Crippen LogP contribution in [0, 0.1) is 5.92 Å². The lowest BCUT2D eigenvalue weighted by Gasteiger charge is -1.96. The van der Waals surface area contributed by atoms with Crippen molar-refractivity contribution in [3.05, 3.63) is 0 Å². The van der Waals surface area contributed by atoms with Crippen molar-refractivity contribution in [3.8, 4) is 0 Å². The summed E-state index contributed by atoms with van der Waals surface area (Å²) in [6.45, 7) is 5.17. The van der Waals surface area contributed by atoms with Crippen molar-refractivity contribution in [2.45, 2.75) is 20.3 Å². The standard InChI is InChI=1S/C6H11NS/c1-6(2)3-4-7-5-8/h6H,3-4H2,1-2H3. The summed E-state index contributed by atoms with van der Waals surface area (Å²) >= 11 is 4.39. The fraction of sp³-hybridized carbons (Fsp3) is 0.833. The molecule has 0 aliphatic rings. The number of isothiocyanates is 1. The first-order chi connectivity index (χ1) is 3.77. The molecule has 0 heterocycles. The van der Waals surface area contributed by atoms with Crippen LogP contribution >= 0.6 is 12.2 Å². The van der Waals surface area contributed by atoms with E-state index in [1.54, 1.807) is 0 Å². The summed E-state index contributed by atoms with van der Waals surface area (Å²) in [5, 5.41) is 2.33. The van der Waals surface area contributed by atoms with E-state index in [1.165, 1.54) is 0 Å². The molecule has 0 aliphatic carbocycles. The maximum atomic E-state index is 4.39. The SMILES string of the molecule is CC(C)CCN=C=S. The Morgan fingerprint density at radius 2 is 2.25 bits per heavy atom. The van der Waals surface area contributed by atoms with Crippen molar-refractivity contribution in [1.82, 2.24) is 0 Å². The summed E-state index contributed by atoms with van der Waals surface area (Å²) < 4.78 is 0. The summed E-state index contributed by atoms with van der Waals surface area (Å²) in [6.07, 6.45) is 1.11. The molecule has 0 bridgehead atoms. The third-order valence-electron chi connectivity index (χ3n) is 0.883. The third-order valence-corrected chi connectivity index (χ3v) is 1.01. The summed E-state index contributed by atoms with van der Waals surface area (Å²) in [4.78, 5) is 3.78. The summed E-state index contributed by atoms with van der Waals surface area (Å²) in [6, 6.07) is 0. The van der Waals surface area contributed by atoms with Crippen LogP contribution in [0.1, 0.15) is 20.3 Å². The Hall–Kier alpha value is -0.200. The summed E-state index contributed by atoms with van der Waals surface area (Å²) in [5.74, 6) is 0.724. The van der Waals surface area contributed by atoms with Gasteiger partial charge >= 0.3 is 0 Å². The van der Waals surface area contributed by atoms with Crippen molar-refractivity contribution < 1.29 is 0 Å². The van der Waals surface area contributed by atoms with Crippen molar-refractivity contribution >= 4 is 17.4 Å². The minimum Gasteiger partial charge on any atom is -0.233 e. The van der Waals surface area contributed by atoms with E-state index in [0.717, 1.165) is 18.9 Å². The Labute approximate surface area is 55.8 Å². The van der Waals surface area contributed by atoms with Crippen LogP contribution in [0.4, 0.5) is 0 Å². The van der Waals surface area contributed by atoms with Crippen molar-refractivity contribution in [2.75, 3.05) is 6.54 Å². The van der Waals surface area contributed by atoms with E-state index in [9.17, 15) is 0 Å². The van der Waals surface area contributed by atoms with Gasteiger partial charge in [-0.3, -0.25) is 0 Å². The van der Waals surface area contributed by atoms with Crippen molar-refractivity contribution in [1.29, 1.82) is 0 Å². The minimum absolute atomic E-state index is 0.724. The van der Waals surface area contributed by atoms with E-state index in [0.29, 0.717) is 0 Å². The highest BCUT2D eigenvalue weighted by molar-refractivity contribution is 7.78. The van der Waals surface area contributed by atoms with Crippen LogP contribution in [0.5, 0.6) is 0 Å². The lowest BCUT2D eigenvalue weighted by atomic mass is 10.1. The second-order valence-corrected chi connectivity index (χ2v) is 2.34. The predicted octanol–water partition coefficient (Wildman–Crippen LogP) is 2.14. The number of hydrogen-bond donors (Lipinski definition) is 0. The normalized spacial score (nSPS) is 8.88. The highest BCUT2D eigenvalue weighted by Gasteiger charge is 1.88. The smallest absolute Gasteiger partial charge is 0.0584 e. The molecular formula is C6H11NS. The maximum absolute atomic E-state index is 4.39. The Bertz CT molecular complexity index is 92.7. The van der Waals surface area contributed by atoms with E-state index >= 15 is 0 Å². The van der Waals surface area contributed by atoms with Gasteiger partial charge in [0.25, 0.3) is 0 Å². The van der Waals surface area contributed by atoms with Crippen LogP contribution in [0.25, 0.3) is 0 Å². The van der Waals surface area contributed by atoms with E-state index in [4.69, 9.17) is 0 Å². The maximum Gasteiger partial charge on any atom is 0.0584 e. The average molecular weight is 129 g/mol. The van der Waals surface area contributed by atoms with Crippen LogP contribution in [-0.4, -0.2) is 11.7 Å². The molecule has 0 saturated carbocycles. The van der Waals surface area contributed by atoms with E-state index in [-0.39, 0.29) is 0 Å². The fourth-order valence-electron chi connectivity index (χ4n) is 0.368. The minimum atomic E-state index is 0.724. The molecule has 0 amide bonds. The molecule has 1 nitrogen and oxygen atoms in total. The van der Waals surface area contributed by atoms with Gasteiger partial charge in [-0.2, -0.15) is 0 Å². The summed E-state index contributed by atoms with van der Waals surface area (Å²) in [7, 11) is 0. The largest absolute Gasteiger partial charge is 0.233 e. The van der Waals surface area contributed by atoms with Crippen LogP contribution in [-0.2, 0) is 0 Å². The van der Waals surface area contributed by atoms with Gasteiger partial charge in [-0.25, -0.2) is 4.99 Å². The first-order valence-corrected chi connectivity index (χ1v) is 3.22. The molecule has 2 heteroatoms. The van der Waals surface area contributed by atoms with Crippen molar-refractivity contribution in [3.63, 3.8) is 0 Å². The molecule has 0 rings (SSSR count). The molecular weight excluding hydrogens is 118 g/mol. The Morgan fingerprint density at radius 1 is 1.62 bits per heavy atom. The third kappa shape index (κ3) is 5.80. The summed E-state index contributed by atoms with van der Waals surface area (Å²) in [5.41, 5.74) is 0. The number of thiocarbonyl (C=S) groups is 1. The zero-order chi connectivity index (χ0) is 6.41. The molecule has 0 atom stereocenters. The number of hydrogen-bond acceptors (Lipinski definition) is 2. The van der Waals surface area contributed by atoms with Gasteiger partial charge in [0.2, 0.25) is 0 Å². The van der Waals surface area contributed by atoms with Gasteiger partial charge < -0.3 is 0 Å². The zero-order valence-corrected chi connectivity index (χ0v) is 6.16. The molecule has 46 valence electrons. The van der Waals surface area contributed by atoms with E-state index in [1.807, 2.05) is 0 Å². The van der Waals surface area contributed by atoms with Gasteiger partial charge in [-0.15, -0.1) is 0 Å². The second kappa shape index (κ2) is 4.95. The Kier molecular flexibility index (Phi) is 4.82. The predicted molar refractivity (Wildman–Crippen MR) is 39.3 cm³/mol. The number of aliphatic imine (C=N–C) groups is 1. The lowest BCUT2D eigenvalue weighted by molar-refractivity contribution is 0.598. The quantitative estimate of drug-likeness (QED) is 0.420. The lowest BCUT2D eigenvalue weighted by Crippen LogP contribution is -1.88. The Balaban J connectivity index is 3.05. The highest BCUT2D eigenvalue weighted by atomic mass is 32.1. The van der Waals surface area contributed by atoms with Crippen LogP contribution in [0.15, 0.2) is 4.99 Å². The fourth-order valence-corrected chi connectivity index (χ4v) is 0.460. The molecule has 0 saturated heterocycles. The molecule has 0 N–H and O–H groups in total. The topological polar surface area (TPSA) is 12.4 Å². The van der Waals surface area contributed by atoms with Gasteiger partial charge in [0.15, 0.2) is 0 Å². The molecule has 0 radical (unpaired) electrons. The molecule has 0 spiro atoms. The van der Waals surface area contributed by atoms with E-state index in [2.05, 4.69) is 36.2 Å². The van der Waals surface area contributed by atoms with Crippen LogP contribution in [0.3, 0.4) is 0 Å². The van der Waals surface area contributed by atoms with Crippen LogP contribution in [0.2, 0.25) is 0 Å². The molecule has 0 unspecified atom stereocenters. The second-order valence-electron chi connectivity index (χ2n) is 2.16. The molecule has 0 aromatic heterocycles. The number of rotatable bonds is 3. The van der Waals surface area contributed by atoms with Gasteiger partial charge in [-0.05, 0) is 24.6 Å². The van der Waals surface area contributed by atoms with Gasteiger partial charge in [-0.1, -0.05) is 13.8 Å². The molecule has 0 aromatic carbocycles. The monoisotopic (exact) mass is 129 g/mol. The van der Waals surface area contributed by atoms with E-state index < -0.39 is 0 Å². The molecule has 0 aliphatic heterocycles. The number of nitrogens with zero attached hydrogens (tertiary/aromatic N) is 1. The molecule has 0 fully saturated rings. The van der Waals surface area contributed by atoms with Gasteiger partial charge in [0.1, 0.15) is 0 Å². The van der Waals surface area contributed by atoms with Gasteiger partial charge in [0, 0.05) is 6.54 Å². The Morgan fingerprint density at radius 3 is 2.62 bits per heavy atom. The van der Waals surface area contributed by atoms with Crippen LogP contribution < -0.4 is 0 Å². The molecule has 0 aromatic rings. The van der Waals surface area contributed by atoms with Gasteiger partial charge in [0.05, 0.1) is 5.16 Å². The first kappa shape index (κ1) is 7.80. The zero-order valence-electron chi connectivity index (χ0n) is 5.35. The molecule has 8 heavy (non-hydrogen) atoms. The average Bonchev–Trinajstić information content (AvgIpc) is 1.66.